The van der Waals surface area contributed by atoms with E-state index < -0.39 is 0 Å². The van der Waals surface area contributed by atoms with Crippen molar-refractivity contribution in [1.29, 1.82) is 0 Å². The highest BCUT2D eigenvalue weighted by Crippen LogP contribution is 2.39. The first-order valence-electron chi connectivity index (χ1n) is 6.72. The third kappa shape index (κ3) is 3.20. The molecule has 1 aliphatic rings. The van der Waals surface area contributed by atoms with E-state index in [1.54, 1.807) is 23.1 Å². The molecule has 5 nitrogen and oxygen atoms in total. The summed E-state index contributed by atoms with van der Waals surface area (Å²) >= 11 is 6.50. The molecule has 1 saturated heterocycles. The molecule has 0 unspecified atom stereocenters. The summed E-state index contributed by atoms with van der Waals surface area (Å²) in [6, 6.07) is 3.29. The highest BCUT2D eigenvalue weighted by atomic mass is 32.2. The Hall–Kier alpha value is -1.73. The number of phenols is 1. The first kappa shape index (κ1) is 16.6. The molecular weight excluding hydrogens is 322 g/mol. The van der Waals surface area contributed by atoms with Crippen molar-refractivity contribution < 1.29 is 19.4 Å². The molecule has 0 atom stereocenters. The van der Waals surface area contributed by atoms with Gasteiger partial charge in [-0.3, -0.25) is 9.69 Å². The highest BCUT2D eigenvalue weighted by Gasteiger charge is 2.31. The Morgan fingerprint density at radius 3 is 2.41 bits per heavy atom. The molecule has 1 aliphatic heterocycles. The number of hydrogen-bond donors (Lipinski definition) is 1. The van der Waals surface area contributed by atoms with Gasteiger partial charge in [-0.2, -0.15) is 0 Å². The van der Waals surface area contributed by atoms with Crippen molar-refractivity contribution in [1.82, 2.24) is 4.90 Å². The third-order valence-electron chi connectivity index (χ3n) is 3.12. The lowest BCUT2D eigenvalue weighted by Gasteiger charge is -2.12. The zero-order chi connectivity index (χ0) is 16.3. The number of rotatable bonds is 5. The van der Waals surface area contributed by atoms with Gasteiger partial charge >= 0.3 is 0 Å². The van der Waals surface area contributed by atoms with Crippen LogP contribution < -0.4 is 9.47 Å². The molecule has 1 N–H and O–H groups in total. The molecule has 1 heterocycles. The van der Waals surface area contributed by atoms with E-state index in [-0.39, 0.29) is 23.2 Å². The van der Waals surface area contributed by atoms with Crippen LogP contribution >= 0.6 is 24.0 Å². The van der Waals surface area contributed by atoms with Gasteiger partial charge in [0.2, 0.25) is 5.75 Å². The number of aromatic hydroxyl groups is 1. The number of nitrogens with zero attached hydrogens (tertiary/aromatic N) is 1. The van der Waals surface area contributed by atoms with Crippen LogP contribution in [0.5, 0.6) is 17.2 Å². The topological polar surface area (TPSA) is 59.0 Å². The Kier molecular flexibility index (Phi) is 5.31. The number of carbonyl (C=O) groups is 1. The van der Waals surface area contributed by atoms with Crippen LogP contribution in [0.25, 0.3) is 6.08 Å². The molecule has 0 bridgehead atoms. The van der Waals surface area contributed by atoms with Crippen molar-refractivity contribution in [2.75, 3.05) is 20.8 Å². The average molecular weight is 339 g/mol. The Morgan fingerprint density at radius 1 is 1.32 bits per heavy atom. The fraction of sp³-hybridized carbons (Fsp3) is 0.333. The highest BCUT2D eigenvalue weighted by molar-refractivity contribution is 8.26. The number of phenolic OH excluding ortho intramolecular Hbond substituents is 1. The Morgan fingerprint density at radius 2 is 1.91 bits per heavy atom. The number of methoxy groups -OCH3 is 2. The van der Waals surface area contributed by atoms with Crippen molar-refractivity contribution in [2.24, 2.45) is 0 Å². The molecule has 1 aromatic carbocycles. The first-order chi connectivity index (χ1) is 10.5. The lowest BCUT2D eigenvalue weighted by Crippen LogP contribution is -2.28. The predicted octanol–water partition coefficient (Wildman–Crippen LogP) is 3.02. The Labute approximate surface area is 138 Å². The largest absolute Gasteiger partial charge is 0.502 e. The van der Waals surface area contributed by atoms with Crippen molar-refractivity contribution >= 4 is 40.3 Å². The van der Waals surface area contributed by atoms with Crippen molar-refractivity contribution in [3.8, 4) is 17.2 Å². The second kappa shape index (κ2) is 7.02. The molecule has 118 valence electrons. The molecular formula is C15H17NO4S2. The Bertz CT molecular complexity index is 617. The molecule has 0 aromatic heterocycles. The summed E-state index contributed by atoms with van der Waals surface area (Å²) < 4.78 is 10.8. The Balaban J connectivity index is 2.37. The van der Waals surface area contributed by atoms with Gasteiger partial charge in [-0.1, -0.05) is 30.9 Å². The van der Waals surface area contributed by atoms with Gasteiger partial charge in [-0.15, -0.1) is 0 Å². The van der Waals surface area contributed by atoms with Gasteiger partial charge in [0.1, 0.15) is 4.32 Å². The molecule has 7 heteroatoms. The second-order valence-corrected chi connectivity index (χ2v) is 6.28. The van der Waals surface area contributed by atoms with Crippen LogP contribution in [0.2, 0.25) is 0 Å². The SMILES string of the molecule is CCCN1C(=O)/C(=C\c2cc(OC)c(O)c(OC)c2)SC1=S. The van der Waals surface area contributed by atoms with E-state index in [9.17, 15) is 9.90 Å². The first-order valence-corrected chi connectivity index (χ1v) is 7.94. The third-order valence-corrected chi connectivity index (χ3v) is 4.50. The number of thioether (sulfide) groups is 1. The number of ether oxygens (including phenoxy) is 2. The quantitative estimate of drug-likeness (QED) is 0.657. The van der Waals surface area contributed by atoms with E-state index in [0.29, 0.717) is 21.3 Å². The summed E-state index contributed by atoms with van der Waals surface area (Å²) in [5.74, 6) is 0.410. The molecule has 0 aliphatic carbocycles. The number of carbonyl (C=O) groups excluding carboxylic acids is 1. The van der Waals surface area contributed by atoms with Crippen LogP contribution in [0, 0.1) is 0 Å². The van der Waals surface area contributed by atoms with Gasteiger partial charge in [-0.05, 0) is 30.2 Å². The van der Waals surface area contributed by atoms with Crippen molar-refractivity contribution in [2.45, 2.75) is 13.3 Å². The summed E-state index contributed by atoms with van der Waals surface area (Å²) in [5, 5.41) is 9.91. The predicted molar refractivity (Wildman–Crippen MR) is 91.4 cm³/mol. The zero-order valence-electron chi connectivity index (χ0n) is 12.6. The van der Waals surface area contributed by atoms with Crippen LogP contribution in [0.4, 0.5) is 0 Å². The van der Waals surface area contributed by atoms with E-state index in [1.165, 1.54) is 26.0 Å². The van der Waals surface area contributed by atoms with E-state index in [2.05, 4.69) is 0 Å². The molecule has 0 spiro atoms. The van der Waals surface area contributed by atoms with Crippen molar-refractivity contribution in [3.63, 3.8) is 0 Å². The van der Waals surface area contributed by atoms with Crippen LogP contribution in [0.15, 0.2) is 17.0 Å². The lowest BCUT2D eigenvalue weighted by atomic mass is 10.1. The van der Waals surface area contributed by atoms with E-state index in [1.807, 2.05) is 6.92 Å². The maximum atomic E-state index is 12.3. The van der Waals surface area contributed by atoms with E-state index >= 15 is 0 Å². The number of benzene rings is 1. The van der Waals surface area contributed by atoms with Crippen LogP contribution in [-0.4, -0.2) is 41.0 Å². The van der Waals surface area contributed by atoms with Gasteiger partial charge < -0.3 is 14.6 Å². The molecule has 0 saturated carbocycles. The number of hydrogen-bond acceptors (Lipinski definition) is 6. The summed E-state index contributed by atoms with van der Waals surface area (Å²) in [4.78, 5) is 14.5. The average Bonchev–Trinajstić information content (AvgIpc) is 2.76. The molecule has 1 fully saturated rings. The van der Waals surface area contributed by atoms with E-state index in [4.69, 9.17) is 21.7 Å². The van der Waals surface area contributed by atoms with Crippen LogP contribution in [-0.2, 0) is 4.79 Å². The summed E-state index contributed by atoms with van der Waals surface area (Å²) in [5.41, 5.74) is 0.698. The fourth-order valence-corrected chi connectivity index (χ4v) is 3.37. The number of amides is 1. The molecule has 22 heavy (non-hydrogen) atoms. The second-order valence-electron chi connectivity index (χ2n) is 4.61. The minimum atomic E-state index is -0.0946. The summed E-state index contributed by atoms with van der Waals surface area (Å²) in [6.07, 6.45) is 2.57. The summed E-state index contributed by atoms with van der Waals surface area (Å²) in [7, 11) is 2.91. The van der Waals surface area contributed by atoms with Gasteiger partial charge in [0.25, 0.3) is 5.91 Å². The molecule has 2 rings (SSSR count). The fourth-order valence-electron chi connectivity index (χ4n) is 2.06. The normalized spacial score (nSPS) is 16.5. The lowest BCUT2D eigenvalue weighted by molar-refractivity contribution is -0.122. The van der Waals surface area contributed by atoms with E-state index in [0.717, 1.165) is 6.42 Å². The molecule has 0 radical (unpaired) electrons. The minimum Gasteiger partial charge on any atom is -0.502 e. The standard InChI is InChI=1S/C15H17NO4S2/c1-4-5-16-14(18)12(22-15(16)21)8-9-6-10(19-2)13(17)11(7-9)20-3/h6-8,17H,4-5H2,1-3H3/b12-8+. The maximum absolute atomic E-state index is 12.3. The molecule has 1 amide bonds. The van der Waals surface area contributed by atoms with Gasteiger partial charge in [-0.25, -0.2) is 0 Å². The van der Waals surface area contributed by atoms with Gasteiger partial charge in [0, 0.05) is 6.54 Å². The smallest absolute Gasteiger partial charge is 0.266 e. The molecule has 1 aromatic rings. The number of thiocarbonyl (C=S) groups is 1. The monoisotopic (exact) mass is 339 g/mol. The van der Waals surface area contributed by atoms with Crippen LogP contribution in [0.3, 0.4) is 0 Å². The van der Waals surface area contributed by atoms with Gasteiger partial charge in [0.15, 0.2) is 11.5 Å². The maximum Gasteiger partial charge on any atom is 0.266 e. The van der Waals surface area contributed by atoms with Crippen LogP contribution in [0.1, 0.15) is 18.9 Å². The zero-order valence-corrected chi connectivity index (χ0v) is 14.2. The summed E-state index contributed by atoms with van der Waals surface area (Å²) in [6.45, 7) is 2.61. The minimum absolute atomic E-state index is 0.0688. The van der Waals surface area contributed by atoms with Crippen molar-refractivity contribution in [3.05, 3.63) is 22.6 Å². The van der Waals surface area contributed by atoms with Gasteiger partial charge in [0.05, 0.1) is 19.1 Å².